The number of carbonyl (C=O) groups excluding carboxylic acids is 1. The van der Waals surface area contributed by atoms with E-state index in [-0.39, 0.29) is 5.78 Å². The quantitative estimate of drug-likeness (QED) is 0.718. The number of para-hydroxylation sites is 1. The van der Waals surface area contributed by atoms with E-state index in [1.807, 2.05) is 42.5 Å². The summed E-state index contributed by atoms with van der Waals surface area (Å²) in [6.07, 6.45) is 0. The first-order chi connectivity index (χ1) is 9.33. The molecule has 0 unspecified atom stereocenters. The zero-order valence-corrected chi connectivity index (χ0v) is 10.3. The molecule has 3 heteroatoms. The van der Waals surface area contributed by atoms with E-state index in [1.165, 1.54) is 5.56 Å². The van der Waals surface area contributed by atoms with Gasteiger partial charge >= 0.3 is 0 Å². The van der Waals surface area contributed by atoms with E-state index in [4.69, 9.17) is 0 Å². The van der Waals surface area contributed by atoms with Gasteiger partial charge in [0.1, 0.15) is 0 Å². The number of amidine groups is 1. The lowest BCUT2D eigenvalue weighted by Gasteiger charge is -2.33. The summed E-state index contributed by atoms with van der Waals surface area (Å²) >= 11 is 0. The second-order valence-electron chi connectivity index (χ2n) is 4.91. The van der Waals surface area contributed by atoms with Gasteiger partial charge in [-0.15, -0.1) is 0 Å². The predicted octanol–water partition coefficient (Wildman–Crippen LogP) is 2.93. The molecule has 4 rings (SSSR count). The van der Waals surface area contributed by atoms with E-state index in [9.17, 15) is 4.79 Å². The van der Waals surface area contributed by atoms with Gasteiger partial charge in [-0.1, -0.05) is 42.5 Å². The molecule has 0 fully saturated rings. The molecule has 19 heavy (non-hydrogen) atoms. The van der Waals surface area contributed by atoms with E-state index < -0.39 is 0 Å². The summed E-state index contributed by atoms with van der Waals surface area (Å²) in [6, 6.07) is 15.8. The van der Waals surface area contributed by atoms with Crippen LogP contribution in [0.4, 0.5) is 5.69 Å². The third-order valence-corrected chi connectivity index (χ3v) is 3.70. The van der Waals surface area contributed by atoms with Crippen molar-refractivity contribution < 1.29 is 4.79 Å². The average molecular weight is 248 g/mol. The lowest BCUT2D eigenvalue weighted by atomic mass is 9.96. The largest absolute Gasteiger partial charge is 0.345 e. The van der Waals surface area contributed by atoms with Crippen LogP contribution in [-0.4, -0.2) is 16.5 Å². The Morgan fingerprint density at radius 3 is 2.47 bits per heavy atom. The Kier molecular flexibility index (Phi) is 2.09. The summed E-state index contributed by atoms with van der Waals surface area (Å²) in [7, 11) is 0. The van der Waals surface area contributed by atoms with Crippen LogP contribution in [0.2, 0.25) is 0 Å². The van der Waals surface area contributed by atoms with Crippen LogP contribution in [-0.2, 0) is 13.1 Å². The monoisotopic (exact) mass is 248 g/mol. The second kappa shape index (κ2) is 3.79. The Balaban J connectivity index is 1.88. The van der Waals surface area contributed by atoms with Crippen molar-refractivity contribution in [1.29, 1.82) is 0 Å². The Labute approximate surface area is 111 Å². The molecule has 0 bridgehead atoms. The SMILES string of the molecule is O=C1C2=Nc3ccccc3CN2Cc2ccccc21. The fourth-order valence-electron chi connectivity index (χ4n) is 2.75. The average Bonchev–Trinajstić information content (AvgIpc) is 2.46. The molecule has 3 nitrogen and oxygen atoms in total. The molecule has 2 aromatic carbocycles. The molecule has 0 aromatic heterocycles. The molecule has 2 aliphatic heterocycles. The van der Waals surface area contributed by atoms with Crippen LogP contribution >= 0.6 is 0 Å². The third kappa shape index (κ3) is 1.51. The lowest BCUT2D eigenvalue weighted by Crippen LogP contribution is -2.42. The van der Waals surface area contributed by atoms with Crippen LogP contribution in [0.3, 0.4) is 0 Å². The Morgan fingerprint density at radius 1 is 0.895 bits per heavy atom. The van der Waals surface area contributed by atoms with Gasteiger partial charge in [0.2, 0.25) is 5.78 Å². The first kappa shape index (κ1) is 10.5. The first-order valence-corrected chi connectivity index (χ1v) is 6.37. The molecule has 0 saturated heterocycles. The van der Waals surface area contributed by atoms with Crippen molar-refractivity contribution in [3.8, 4) is 0 Å². The molecular formula is C16H12N2O. The summed E-state index contributed by atoms with van der Waals surface area (Å²) in [4.78, 5) is 19.1. The number of fused-ring (bicyclic) bond motifs is 3. The molecule has 2 aromatic rings. The van der Waals surface area contributed by atoms with Crippen molar-refractivity contribution in [2.24, 2.45) is 4.99 Å². The molecule has 92 valence electrons. The van der Waals surface area contributed by atoms with Crippen molar-refractivity contribution in [2.45, 2.75) is 13.1 Å². The van der Waals surface area contributed by atoms with Gasteiger partial charge in [0, 0.05) is 18.7 Å². The highest BCUT2D eigenvalue weighted by Crippen LogP contribution is 2.31. The molecule has 0 spiro atoms. The van der Waals surface area contributed by atoms with E-state index in [0.29, 0.717) is 5.84 Å². The number of ketones is 1. The molecule has 0 N–H and O–H groups in total. The van der Waals surface area contributed by atoms with Gasteiger partial charge < -0.3 is 4.90 Å². The minimum atomic E-state index is 0.0383. The number of carbonyl (C=O) groups is 1. The number of rotatable bonds is 0. The molecule has 0 radical (unpaired) electrons. The van der Waals surface area contributed by atoms with Gasteiger partial charge in [-0.05, 0) is 17.2 Å². The smallest absolute Gasteiger partial charge is 0.228 e. The van der Waals surface area contributed by atoms with E-state index in [2.05, 4.69) is 16.0 Å². The Bertz CT molecular complexity index is 718. The van der Waals surface area contributed by atoms with Crippen LogP contribution in [0.1, 0.15) is 21.5 Å². The third-order valence-electron chi connectivity index (χ3n) is 3.70. The van der Waals surface area contributed by atoms with Gasteiger partial charge in [0.15, 0.2) is 5.84 Å². The van der Waals surface area contributed by atoms with Crippen LogP contribution in [0.25, 0.3) is 0 Å². The number of hydrogen-bond acceptors (Lipinski definition) is 3. The summed E-state index contributed by atoms with van der Waals surface area (Å²) in [5, 5.41) is 0. The van der Waals surface area contributed by atoms with Crippen LogP contribution in [0.5, 0.6) is 0 Å². The number of Topliss-reactive ketones (excluding diaryl/α,β-unsaturated/α-hetero) is 1. The number of aliphatic imine (C=N–C) groups is 1. The van der Waals surface area contributed by atoms with Crippen molar-refractivity contribution >= 4 is 17.3 Å². The fourth-order valence-corrected chi connectivity index (χ4v) is 2.75. The highest BCUT2D eigenvalue weighted by atomic mass is 16.1. The minimum absolute atomic E-state index is 0.0383. The van der Waals surface area contributed by atoms with Gasteiger partial charge in [-0.2, -0.15) is 0 Å². The molecule has 2 aliphatic rings. The van der Waals surface area contributed by atoms with E-state index >= 15 is 0 Å². The van der Waals surface area contributed by atoms with Crippen LogP contribution < -0.4 is 0 Å². The minimum Gasteiger partial charge on any atom is -0.345 e. The maximum atomic E-state index is 12.5. The standard InChI is InChI=1S/C16H12N2O/c19-15-13-7-3-1-5-11(13)9-18-10-12-6-2-4-8-14(12)17-16(15)18/h1-8H,9-10H2. The van der Waals surface area contributed by atoms with Gasteiger partial charge in [-0.3, -0.25) is 4.79 Å². The number of hydrogen-bond donors (Lipinski definition) is 0. The maximum Gasteiger partial charge on any atom is 0.228 e. The highest BCUT2D eigenvalue weighted by molar-refractivity contribution is 6.46. The topological polar surface area (TPSA) is 32.7 Å². The van der Waals surface area contributed by atoms with Gasteiger partial charge in [-0.25, -0.2) is 4.99 Å². The molecule has 0 amide bonds. The lowest BCUT2D eigenvalue weighted by molar-refractivity contribution is 0.103. The zero-order chi connectivity index (χ0) is 12.8. The van der Waals surface area contributed by atoms with Crippen LogP contribution in [0.15, 0.2) is 53.5 Å². The Morgan fingerprint density at radius 2 is 1.58 bits per heavy atom. The molecule has 0 aliphatic carbocycles. The first-order valence-electron chi connectivity index (χ1n) is 6.37. The van der Waals surface area contributed by atoms with E-state index in [1.54, 1.807) is 0 Å². The Hall–Kier alpha value is -2.42. The normalized spacial score (nSPS) is 16.3. The molecular weight excluding hydrogens is 236 g/mol. The molecule has 0 saturated carbocycles. The summed E-state index contributed by atoms with van der Waals surface area (Å²) in [5.41, 5.74) is 3.97. The second-order valence-corrected chi connectivity index (χ2v) is 4.91. The van der Waals surface area contributed by atoms with Gasteiger partial charge in [0.05, 0.1) is 5.69 Å². The molecule has 2 heterocycles. The summed E-state index contributed by atoms with van der Waals surface area (Å²) < 4.78 is 0. The van der Waals surface area contributed by atoms with Crippen molar-refractivity contribution in [2.75, 3.05) is 0 Å². The predicted molar refractivity (Wildman–Crippen MR) is 73.6 cm³/mol. The number of benzene rings is 2. The fraction of sp³-hybridized carbons (Fsp3) is 0.125. The van der Waals surface area contributed by atoms with E-state index in [0.717, 1.165) is 29.9 Å². The molecule has 0 atom stereocenters. The van der Waals surface area contributed by atoms with Crippen molar-refractivity contribution in [3.05, 3.63) is 65.2 Å². The highest BCUT2D eigenvalue weighted by Gasteiger charge is 2.31. The van der Waals surface area contributed by atoms with Crippen molar-refractivity contribution in [3.63, 3.8) is 0 Å². The summed E-state index contributed by atoms with van der Waals surface area (Å²) in [5.74, 6) is 0.619. The zero-order valence-electron chi connectivity index (χ0n) is 10.3. The number of nitrogens with zero attached hydrogens (tertiary/aromatic N) is 2. The van der Waals surface area contributed by atoms with Crippen molar-refractivity contribution in [1.82, 2.24) is 4.90 Å². The maximum absolute atomic E-state index is 12.5. The van der Waals surface area contributed by atoms with Gasteiger partial charge in [0.25, 0.3) is 0 Å². The summed E-state index contributed by atoms with van der Waals surface area (Å²) in [6.45, 7) is 1.52. The van der Waals surface area contributed by atoms with Crippen LogP contribution in [0, 0.1) is 0 Å².